The van der Waals surface area contributed by atoms with Crippen LogP contribution in [0.15, 0.2) is 36.4 Å². The van der Waals surface area contributed by atoms with Crippen molar-refractivity contribution in [3.63, 3.8) is 0 Å². The Balaban J connectivity index is 2.05. The molecule has 5 nitrogen and oxygen atoms in total. The SMILES string of the molecule is CCOc1c(I)cc(C=C(C#N)c2nc3ccccc3[nH]2)cc1OC. The number of hydrogen-bond donors (Lipinski definition) is 1. The van der Waals surface area contributed by atoms with Crippen molar-refractivity contribution in [1.29, 1.82) is 5.26 Å². The van der Waals surface area contributed by atoms with E-state index < -0.39 is 0 Å². The molecule has 0 atom stereocenters. The van der Waals surface area contributed by atoms with Gasteiger partial charge in [-0.05, 0) is 65.4 Å². The quantitative estimate of drug-likeness (QED) is 0.459. The van der Waals surface area contributed by atoms with Crippen LogP contribution in [0.1, 0.15) is 18.3 Å². The van der Waals surface area contributed by atoms with Crippen LogP contribution in [0.2, 0.25) is 0 Å². The molecular formula is C19H16IN3O2. The number of ether oxygens (including phenoxy) is 2. The number of nitriles is 1. The zero-order valence-corrected chi connectivity index (χ0v) is 16.0. The van der Waals surface area contributed by atoms with Crippen molar-refractivity contribution in [3.05, 3.63) is 51.4 Å². The summed E-state index contributed by atoms with van der Waals surface area (Å²) in [7, 11) is 1.60. The zero-order chi connectivity index (χ0) is 17.8. The van der Waals surface area contributed by atoms with E-state index in [0.29, 0.717) is 29.5 Å². The third kappa shape index (κ3) is 3.61. The number of methoxy groups -OCH3 is 1. The maximum Gasteiger partial charge on any atom is 0.174 e. The van der Waals surface area contributed by atoms with Gasteiger partial charge in [0, 0.05) is 0 Å². The first kappa shape index (κ1) is 17.3. The second-order valence-corrected chi connectivity index (χ2v) is 6.40. The number of hydrogen-bond acceptors (Lipinski definition) is 4. The number of H-pyrrole nitrogens is 1. The molecule has 0 saturated carbocycles. The maximum absolute atomic E-state index is 9.56. The van der Waals surface area contributed by atoms with Gasteiger partial charge in [-0.25, -0.2) is 4.98 Å². The lowest BCUT2D eigenvalue weighted by atomic mass is 10.1. The average Bonchev–Trinajstić information content (AvgIpc) is 3.05. The first-order valence-corrected chi connectivity index (χ1v) is 8.81. The van der Waals surface area contributed by atoms with E-state index in [1.54, 1.807) is 13.2 Å². The zero-order valence-electron chi connectivity index (χ0n) is 13.8. The summed E-state index contributed by atoms with van der Waals surface area (Å²) in [6.07, 6.45) is 1.79. The number of aromatic amines is 1. The third-order valence-electron chi connectivity index (χ3n) is 3.62. The molecule has 0 aliphatic heterocycles. The van der Waals surface area contributed by atoms with Gasteiger partial charge in [0.2, 0.25) is 0 Å². The molecule has 1 aromatic heterocycles. The molecule has 0 saturated heterocycles. The fourth-order valence-corrected chi connectivity index (χ4v) is 3.29. The van der Waals surface area contributed by atoms with E-state index in [-0.39, 0.29) is 0 Å². The summed E-state index contributed by atoms with van der Waals surface area (Å²) in [4.78, 5) is 7.67. The Hall–Kier alpha value is -2.53. The molecule has 0 amide bonds. The monoisotopic (exact) mass is 445 g/mol. The minimum atomic E-state index is 0.457. The van der Waals surface area contributed by atoms with Crippen molar-refractivity contribution >= 4 is 45.3 Å². The van der Waals surface area contributed by atoms with E-state index in [9.17, 15) is 5.26 Å². The molecule has 25 heavy (non-hydrogen) atoms. The Bertz CT molecular complexity index is 953. The third-order valence-corrected chi connectivity index (χ3v) is 4.42. The molecule has 0 radical (unpaired) electrons. The minimum absolute atomic E-state index is 0.457. The lowest BCUT2D eigenvalue weighted by Crippen LogP contribution is -1.98. The molecule has 3 rings (SSSR count). The van der Waals surface area contributed by atoms with Crippen molar-refractivity contribution in [2.24, 2.45) is 0 Å². The second kappa shape index (κ2) is 7.57. The Labute approximate surface area is 159 Å². The predicted molar refractivity (Wildman–Crippen MR) is 106 cm³/mol. The Kier molecular flexibility index (Phi) is 5.24. The lowest BCUT2D eigenvalue weighted by molar-refractivity contribution is 0.308. The fraction of sp³-hybridized carbons (Fsp3) is 0.158. The molecule has 126 valence electrons. The number of aromatic nitrogens is 2. The molecule has 6 heteroatoms. The minimum Gasteiger partial charge on any atom is -0.493 e. The number of nitrogens with zero attached hydrogens (tertiary/aromatic N) is 2. The predicted octanol–water partition coefficient (Wildman–Crippen LogP) is 4.64. The maximum atomic E-state index is 9.56. The highest BCUT2D eigenvalue weighted by molar-refractivity contribution is 14.1. The Morgan fingerprint density at radius 1 is 1.36 bits per heavy atom. The number of benzene rings is 2. The number of halogens is 1. The molecule has 0 unspecified atom stereocenters. The van der Waals surface area contributed by atoms with Crippen LogP contribution >= 0.6 is 22.6 Å². The molecule has 1 N–H and O–H groups in total. The van der Waals surface area contributed by atoms with Gasteiger partial charge in [0.1, 0.15) is 11.9 Å². The topological polar surface area (TPSA) is 70.9 Å². The molecule has 1 heterocycles. The highest BCUT2D eigenvalue weighted by Gasteiger charge is 2.12. The Morgan fingerprint density at radius 2 is 2.16 bits per heavy atom. The summed E-state index contributed by atoms with van der Waals surface area (Å²) in [6.45, 7) is 2.49. The summed E-state index contributed by atoms with van der Waals surface area (Å²) in [5.74, 6) is 1.90. The van der Waals surface area contributed by atoms with Crippen LogP contribution < -0.4 is 9.47 Å². The highest BCUT2D eigenvalue weighted by atomic mass is 127. The van der Waals surface area contributed by atoms with E-state index in [1.807, 2.05) is 43.3 Å². The summed E-state index contributed by atoms with van der Waals surface area (Å²) >= 11 is 2.20. The van der Waals surface area contributed by atoms with Crippen LogP contribution in [0.3, 0.4) is 0 Å². The van der Waals surface area contributed by atoms with E-state index in [2.05, 4.69) is 38.6 Å². The first-order chi connectivity index (χ1) is 12.2. The summed E-state index contributed by atoms with van der Waals surface area (Å²) < 4.78 is 12.0. The van der Waals surface area contributed by atoms with Gasteiger partial charge in [0.15, 0.2) is 11.5 Å². The van der Waals surface area contributed by atoms with Gasteiger partial charge in [-0.2, -0.15) is 5.26 Å². The number of allylic oxidation sites excluding steroid dienone is 1. The van der Waals surface area contributed by atoms with E-state index in [0.717, 1.165) is 20.2 Å². The second-order valence-electron chi connectivity index (χ2n) is 5.24. The smallest absolute Gasteiger partial charge is 0.174 e. The normalized spacial score (nSPS) is 11.4. The molecule has 0 spiro atoms. The van der Waals surface area contributed by atoms with Crippen LogP contribution in [0.4, 0.5) is 0 Å². The van der Waals surface area contributed by atoms with E-state index in [4.69, 9.17) is 9.47 Å². The fourth-order valence-electron chi connectivity index (χ4n) is 2.51. The molecule has 3 aromatic rings. The van der Waals surface area contributed by atoms with Gasteiger partial charge >= 0.3 is 0 Å². The number of rotatable bonds is 5. The average molecular weight is 445 g/mol. The van der Waals surface area contributed by atoms with Crippen molar-refractivity contribution in [1.82, 2.24) is 9.97 Å². The Morgan fingerprint density at radius 3 is 2.84 bits per heavy atom. The molecule has 0 aliphatic rings. The van der Waals surface area contributed by atoms with E-state index >= 15 is 0 Å². The first-order valence-electron chi connectivity index (χ1n) is 7.73. The van der Waals surface area contributed by atoms with Crippen LogP contribution in [-0.4, -0.2) is 23.7 Å². The van der Waals surface area contributed by atoms with Gasteiger partial charge < -0.3 is 14.5 Å². The molecule has 0 aliphatic carbocycles. The van der Waals surface area contributed by atoms with Crippen LogP contribution in [0, 0.1) is 14.9 Å². The van der Waals surface area contributed by atoms with Crippen molar-refractivity contribution in [2.75, 3.05) is 13.7 Å². The number of fused-ring (bicyclic) bond motifs is 1. The van der Waals surface area contributed by atoms with Gasteiger partial charge in [-0.15, -0.1) is 0 Å². The summed E-state index contributed by atoms with van der Waals surface area (Å²) in [6, 6.07) is 13.7. The molecule has 0 fully saturated rings. The highest BCUT2D eigenvalue weighted by Crippen LogP contribution is 2.35. The van der Waals surface area contributed by atoms with Gasteiger partial charge in [-0.1, -0.05) is 12.1 Å². The van der Waals surface area contributed by atoms with Gasteiger partial charge in [0.05, 0.1) is 33.9 Å². The molecule has 2 aromatic carbocycles. The van der Waals surface area contributed by atoms with E-state index in [1.165, 1.54) is 0 Å². The lowest BCUT2D eigenvalue weighted by Gasteiger charge is -2.12. The van der Waals surface area contributed by atoms with Gasteiger partial charge in [0.25, 0.3) is 0 Å². The van der Waals surface area contributed by atoms with Crippen molar-refractivity contribution < 1.29 is 9.47 Å². The van der Waals surface area contributed by atoms with Crippen LogP contribution in [0.5, 0.6) is 11.5 Å². The van der Waals surface area contributed by atoms with Crippen molar-refractivity contribution in [3.8, 4) is 17.6 Å². The number of imidazole rings is 1. The molecular weight excluding hydrogens is 429 g/mol. The summed E-state index contributed by atoms with van der Waals surface area (Å²) in [5.41, 5.74) is 3.04. The van der Waals surface area contributed by atoms with Crippen LogP contribution in [-0.2, 0) is 0 Å². The standard InChI is InChI=1S/C19H16IN3O2/c1-3-25-18-14(20)9-12(10-17(18)24-2)8-13(11-21)19-22-15-6-4-5-7-16(15)23-19/h4-10H,3H2,1-2H3,(H,22,23). The van der Waals surface area contributed by atoms with Gasteiger partial charge in [-0.3, -0.25) is 0 Å². The van der Waals surface area contributed by atoms with Crippen molar-refractivity contribution in [2.45, 2.75) is 6.92 Å². The summed E-state index contributed by atoms with van der Waals surface area (Å²) in [5, 5.41) is 9.56. The number of nitrogens with one attached hydrogen (secondary N) is 1. The number of para-hydroxylation sites is 2. The molecule has 0 bridgehead atoms. The van der Waals surface area contributed by atoms with Crippen LogP contribution in [0.25, 0.3) is 22.7 Å². The largest absolute Gasteiger partial charge is 0.493 e.